The van der Waals surface area contributed by atoms with Crippen molar-refractivity contribution in [2.75, 3.05) is 20.6 Å². The molecule has 60 heavy (non-hydrogen) atoms. The number of benzene rings is 1. The first-order chi connectivity index (χ1) is 28.0. The van der Waals surface area contributed by atoms with Crippen LogP contribution in [-0.4, -0.2) is 114 Å². The summed E-state index contributed by atoms with van der Waals surface area (Å²) in [5.41, 5.74) is 8.18. The largest absolute Gasteiger partial charge is 0.449 e. The molecule has 0 fully saturated rings. The molecule has 6 amide bonds. The quantitative estimate of drug-likeness (QED) is 0.202. The van der Waals surface area contributed by atoms with Crippen molar-refractivity contribution in [1.29, 1.82) is 0 Å². The molecule has 0 saturated carbocycles. The third-order valence-electron chi connectivity index (χ3n) is 11.2. The molecule has 0 aromatic heterocycles. The van der Waals surface area contributed by atoms with Crippen LogP contribution in [0.1, 0.15) is 94.1 Å². The first-order valence-electron chi connectivity index (χ1n) is 20.7. The Morgan fingerprint density at radius 1 is 0.900 bits per heavy atom. The fraction of sp³-hybridized carbons (Fsp3) is 0.614. The van der Waals surface area contributed by atoms with Crippen LogP contribution in [0, 0.1) is 23.6 Å². The first kappa shape index (κ1) is 51.0. The first-order valence-corrected chi connectivity index (χ1v) is 20.7. The van der Waals surface area contributed by atoms with Gasteiger partial charge in [0.1, 0.15) is 30.0 Å². The van der Waals surface area contributed by atoms with Gasteiger partial charge >= 0.3 is 5.97 Å². The number of allylic oxidation sites excluding steroid dienone is 1. The summed E-state index contributed by atoms with van der Waals surface area (Å²) in [5.74, 6) is -5.80. The average molecular weight is 842 g/mol. The molecule has 6 N–H and O–H groups in total. The molecule has 0 radical (unpaired) electrons. The summed E-state index contributed by atoms with van der Waals surface area (Å²) >= 11 is 0. The Morgan fingerprint density at radius 2 is 1.50 bits per heavy atom. The lowest BCUT2D eigenvalue weighted by Gasteiger charge is -2.33. The smallest absolute Gasteiger partial charge is 0.334 e. The number of nitrogens with zero attached hydrogens (tertiary/aromatic N) is 2. The third kappa shape index (κ3) is 14.9. The van der Waals surface area contributed by atoms with E-state index in [2.05, 4.69) is 21.3 Å². The number of hydrogen-bond donors (Lipinski definition) is 5. The zero-order valence-electron chi connectivity index (χ0n) is 37.4. The predicted octanol–water partition coefficient (Wildman–Crippen LogP) is 2.92. The van der Waals surface area contributed by atoms with Crippen LogP contribution in [0.4, 0.5) is 4.39 Å². The second-order valence-corrected chi connectivity index (χ2v) is 16.6. The van der Waals surface area contributed by atoms with Gasteiger partial charge in [-0.3, -0.25) is 28.8 Å². The van der Waals surface area contributed by atoms with E-state index in [1.807, 2.05) is 47.6 Å². The molecular weight excluding hydrogens is 774 g/mol. The van der Waals surface area contributed by atoms with E-state index in [9.17, 15) is 38.0 Å². The second-order valence-electron chi connectivity index (χ2n) is 16.6. The zero-order chi connectivity index (χ0) is 45.6. The Balaban J connectivity index is 2.63. The monoisotopic (exact) mass is 842 g/mol. The molecule has 1 aliphatic heterocycles. The number of likely N-dealkylation sites (N-methyl/N-ethyl adjacent to an activating group) is 2. The van der Waals surface area contributed by atoms with Crippen molar-refractivity contribution in [1.82, 2.24) is 31.1 Å². The van der Waals surface area contributed by atoms with Crippen molar-refractivity contribution in [3.63, 3.8) is 0 Å². The molecule has 2 rings (SSSR count). The number of ether oxygens (including phenoxy) is 1. The number of hydrogen-bond acceptors (Lipinski definition) is 9. The van der Waals surface area contributed by atoms with Gasteiger partial charge in [-0.1, -0.05) is 70.9 Å². The van der Waals surface area contributed by atoms with Crippen LogP contribution >= 0.6 is 0 Å². The van der Waals surface area contributed by atoms with Gasteiger partial charge in [0.25, 0.3) is 5.91 Å². The Hall–Kier alpha value is -5.12. The van der Waals surface area contributed by atoms with Crippen LogP contribution in [0.3, 0.4) is 0 Å². The van der Waals surface area contributed by atoms with Gasteiger partial charge in [0.2, 0.25) is 29.5 Å². The number of esters is 1. The van der Waals surface area contributed by atoms with Gasteiger partial charge in [-0.25, -0.2) is 9.18 Å². The molecule has 9 atom stereocenters. The molecule has 0 aliphatic carbocycles. The highest BCUT2D eigenvalue weighted by Gasteiger charge is 2.36. The van der Waals surface area contributed by atoms with E-state index in [0.717, 1.165) is 15.4 Å². The molecular formula is C44H68FN7O8. The summed E-state index contributed by atoms with van der Waals surface area (Å²) in [4.78, 5) is 98.2. The maximum absolute atomic E-state index is 14.1. The van der Waals surface area contributed by atoms with Gasteiger partial charge in [0.15, 0.2) is 6.10 Å². The molecule has 0 saturated heterocycles. The van der Waals surface area contributed by atoms with Gasteiger partial charge in [-0.15, -0.1) is 0 Å². The predicted molar refractivity (Wildman–Crippen MR) is 227 cm³/mol. The van der Waals surface area contributed by atoms with Crippen molar-refractivity contribution in [3.05, 3.63) is 58.9 Å². The number of rotatable bonds is 7. The Bertz CT molecular complexity index is 1750. The minimum absolute atomic E-state index is 0.0676. The van der Waals surface area contributed by atoms with E-state index in [-0.39, 0.29) is 42.6 Å². The highest BCUT2D eigenvalue weighted by molar-refractivity contribution is 5.96. The number of carbonyl (C=O) groups is 7. The van der Waals surface area contributed by atoms with Crippen LogP contribution in [0.2, 0.25) is 0 Å². The Kier molecular flexibility index (Phi) is 20.1. The normalized spacial score (nSPS) is 28.6. The van der Waals surface area contributed by atoms with Crippen molar-refractivity contribution in [2.24, 2.45) is 23.5 Å². The van der Waals surface area contributed by atoms with E-state index < -0.39 is 96.1 Å². The van der Waals surface area contributed by atoms with E-state index in [1.165, 1.54) is 52.2 Å². The number of nitrogens with one attached hydrogen (secondary N) is 4. The lowest BCUT2D eigenvalue weighted by atomic mass is 9.87. The van der Waals surface area contributed by atoms with Gasteiger partial charge in [-0.2, -0.15) is 0 Å². The molecule has 0 spiro atoms. The Labute approximate surface area is 354 Å². The fourth-order valence-corrected chi connectivity index (χ4v) is 6.73. The standard InChI is InChI=1S/C44H68FN7O8/c1-13-25(5)37-28(8)33(46)20-15-27(7)44(59)60-35(21-24(3)4)40(55)48-30(10)42(57)52(12)34(22-31-16-18-32(45)19-17-31)43(58)51(11)23-36(53)49-38(26(6)14-2)41(56)47-29(9)39(54)50-37/h13,15-19,24,26,28-30,33-35,37-38H,14,20-23,46H2,1-12H3,(H,47,56)(H,48,55)(H,49,53)(H,50,54)/b25-13+,27-15+/t26-,28-,29+,30-,33-,34+,35+,37+,38-/m0/s1. The molecule has 0 bridgehead atoms. The fourth-order valence-electron chi connectivity index (χ4n) is 6.73. The Morgan fingerprint density at radius 3 is 2.07 bits per heavy atom. The minimum Gasteiger partial charge on any atom is -0.449 e. The molecule has 1 aromatic rings. The van der Waals surface area contributed by atoms with Crippen molar-refractivity contribution in [2.45, 2.75) is 137 Å². The molecule has 0 unspecified atom stereocenters. The van der Waals surface area contributed by atoms with E-state index in [4.69, 9.17) is 10.5 Å². The van der Waals surface area contributed by atoms with Gasteiger partial charge in [0.05, 0.1) is 12.6 Å². The van der Waals surface area contributed by atoms with E-state index in [1.54, 1.807) is 19.9 Å². The lowest BCUT2D eigenvalue weighted by molar-refractivity contribution is -0.154. The molecule has 15 nitrogen and oxygen atoms in total. The van der Waals surface area contributed by atoms with Gasteiger partial charge in [0, 0.05) is 32.1 Å². The topological polar surface area (TPSA) is 209 Å². The molecule has 1 heterocycles. The second kappa shape index (κ2) is 23.6. The average Bonchev–Trinajstić information content (AvgIpc) is 3.20. The van der Waals surface area contributed by atoms with Crippen molar-refractivity contribution >= 4 is 41.4 Å². The number of cyclic esters (lactones) is 1. The van der Waals surface area contributed by atoms with E-state index in [0.29, 0.717) is 12.0 Å². The highest BCUT2D eigenvalue weighted by atomic mass is 19.1. The summed E-state index contributed by atoms with van der Waals surface area (Å²) in [7, 11) is 2.76. The van der Waals surface area contributed by atoms with Crippen molar-refractivity contribution in [3.8, 4) is 0 Å². The van der Waals surface area contributed by atoms with Crippen LogP contribution in [-0.2, 0) is 44.7 Å². The lowest BCUT2D eigenvalue weighted by Crippen LogP contribution is -2.58. The minimum atomic E-state index is -1.26. The van der Waals surface area contributed by atoms with Crippen molar-refractivity contribution < 1.29 is 42.7 Å². The number of halogens is 1. The number of amides is 6. The summed E-state index contributed by atoms with van der Waals surface area (Å²) < 4.78 is 19.5. The van der Waals surface area contributed by atoms with Crippen LogP contribution in [0.25, 0.3) is 0 Å². The molecule has 1 aromatic carbocycles. The summed E-state index contributed by atoms with van der Waals surface area (Å²) in [6.07, 6.45) is 3.01. The number of carbonyl (C=O) groups excluding carboxylic acids is 7. The zero-order valence-corrected chi connectivity index (χ0v) is 37.4. The van der Waals surface area contributed by atoms with Gasteiger partial charge < -0.3 is 41.5 Å². The maximum atomic E-state index is 14.1. The summed E-state index contributed by atoms with van der Waals surface area (Å²) in [6, 6.07) is -0.175. The van der Waals surface area contributed by atoms with Crippen LogP contribution < -0.4 is 27.0 Å². The number of nitrogens with two attached hydrogens (primary N) is 1. The SMILES string of the molecule is C/C=C(\C)[C@H]1NC(=O)[C@@H](C)NC(=O)[C@H]([C@@H](C)CC)NC(=O)CN(C)C(=O)[C@@H](Cc2ccc(F)cc2)N(C)C(=O)[C@H](C)NC(=O)[C@@H](CC(C)C)OC(=O)/C(C)=C/C[C@H](N)[C@@H]1C. The van der Waals surface area contributed by atoms with Gasteiger partial charge in [-0.05, 0) is 82.9 Å². The van der Waals surface area contributed by atoms with Crippen LogP contribution in [0.5, 0.6) is 0 Å². The summed E-state index contributed by atoms with van der Waals surface area (Å²) in [5, 5.41) is 11.1. The molecule has 334 valence electrons. The third-order valence-corrected chi connectivity index (χ3v) is 11.2. The molecule has 1 aliphatic rings. The molecule has 16 heteroatoms. The highest BCUT2D eigenvalue weighted by Crippen LogP contribution is 2.20. The van der Waals surface area contributed by atoms with E-state index >= 15 is 0 Å². The maximum Gasteiger partial charge on any atom is 0.334 e. The summed E-state index contributed by atoms with van der Waals surface area (Å²) in [6.45, 7) is 16.9. The van der Waals surface area contributed by atoms with Crippen LogP contribution in [0.15, 0.2) is 47.6 Å².